The Balaban J connectivity index is 1.33. The molecule has 30 heavy (non-hydrogen) atoms. The maximum atomic E-state index is 12.1. The van der Waals surface area contributed by atoms with Crippen molar-refractivity contribution in [3.05, 3.63) is 41.7 Å². The van der Waals surface area contributed by atoms with Crippen LogP contribution in [0.2, 0.25) is 5.02 Å². The van der Waals surface area contributed by atoms with Gasteiger partial charge in [-0.3, -0.25) is 9.69 Å². The minimum atomic E-state index is -0.310. The van der Waals surface area contributed by atoms with Crippen LogP contribution >= 0.6 is 11.6 Å². The first kappa shape index (κ1) is 21.8. The fourth-order valence-electron chi connectivity index (χ4n) is 3.19. The second-order valence-electron chi connectivity index (χ2n) is 6.99. The lowest BCUT2D eigenvalue weighted by Gasteiger charge is -2.34. The molecule has 0 saturated carbocycles. The molecule has 1 aliphatic rings. The molecule has 160 valence electrons. The number of hydrogen-bond acceptors (Lipinski definition) is 6. The Bertz CT molecular complexity index is 857. The van der Waals surface area contributed by atoms with Crippen molar-refractivity contribution in [2.45, 2.75) is 13.3 Å². The molecule has 0 bridgehead atoms. The molecule has 10 heteroatoms. The average molecular weight is 432 g/mol. The molecule has 2 aromatic rings. The molecule has 1 aliphatic heterocycles. The Labute approximate surface area is 180 Å². The number of halogens is 1. The van der Waals surface area contributed by atoms with E-state index in [1.165, 1.54) is 6.92 Å². The predicted octanol–water partition coefficient (Wildman–Crippen LogP) is 2.42. The molecule has 1 aromatic heterocycles. The standard InChI is InChI=1S/C20H26ClN7O2/c1-15(29)25-16-4-5-18(17(21)14-16)26-20(30)24-8-3-9-27-10-12-28(13-11-27)19-22-6-2-7-23-19/h2,4-7,14H,3,8-13H2,1H3,(H,25,29)(H2,24,26,30). The normalized spacial score (nSPS) is 14.3. The fourth-order valence-corrected chi connectivity index (χ4v) is 3.42. The number of benzene rings is 1. The second-order valence-corrected chi connectivity index (χ2v) is 7.39. The SMILES string of the molecule is CC(=O)Nc1ccc(NC(=O)NCCCN2CCN(c3ncccn3)CC2)c(Cl)c1. The lowest BCUT2D eigenvalue weighted by Crippen LogP contribution is -2.47. The van der Waals surface area contributed by atoms with Crippen molar-refractivity contribution in [1.82, 2.24) is 20.2 Å². The van der Waals surface area contributed by atoms with Crippen LogP contribution in [0.3, 0.4) is 0 Å². The molecule has 3 amide bonds. The zero-order valence-corrected chi connectivity index (χ0v) is 17.7. The highest BCUT2D eigenvalue weighted by Gasteiger charge is 2.18. The van der Waals surface area contributed by atoms with Crippen molar-refractivity contribution < 1.29 is 9.59 Å². The van der Waals surface area contributed by atoms with E-state index in [4.69, 9.17) is 11.6 Å². The van der Waals surface area contributed by atoms with Crippen molar-refractivity contribution in [3.8, 4) is 0 Å². The van der Waals surface area contributed by atoms with Gasteiger partial charge in [-0.2, -0.15) is 0 Å². The smallest absolute Gasteiger partial charge is 0.319 e. The Kier molecular flexibility index (Phi) is 7.81. The lowest BCUT2D eigenvalue weighted by molar-refractivity contribution is -0.114. The van der Waals surface area contributed by atoms with Crippen LogP contribution in [-0.4, -0.2) is 66.1 Å². The van der Waals surface area contributed by atoms with Gasteiger partial charge in [0.15, 0.2) is 0 Å². The molecular weight excluding hydrogens is 406 g/mol. The molecule has 1 aromatic carbocycles. The van der Waals surface area contributed by atoms with Gasteiger partial charge < -0.3 is 20.9 Å². The molecule has 0 atom stereocenters. The molecule has 0 spiro atoms. The molecule has 0 aliphatic carbocycles. The first-order valence-corrected chi connectivity index (χ1v) is 10.3. The zero-order chi connectivity index (χ0) is 21.3. The van der Waals surface area contributed by atoms with Gasteiger partial charge in [0.05, 0.1) is 10.7 Å². The quantitative estimate of drug-likeness (QED) is 0.582. The number of nitrogens with one attached hydrogen (secondary N) is 3. The minimum Gasteiger partial charge on any atom is -0.338 e. The summed E-state index contributed by atoms with van der Waals surface area (Å²) in [5.74, 6) is 0.596. The van der Waals surface area contributed by atoms with Crippen molar-refractivity contribution in [2.24, 2.45) is 0 Å². The summed E-state index contributed by atoms with van der Waals surface area (Å²) in [5, 5.41) is 8.57. The van der Waals surface area contributed by atoms with Crippen LogP contribution in [0.1, 0.15) is 13.3 Å². The first-order valence-electron chi connectivity index (χ1n) is 9.87. The highest BCUT2D eigenvalue weighted by atomic mass is 35.5. The van der Waals surface area contributed by atoms with Crippen LogP contribution in [0.5, 0.6) is 0 Å². The number of aromatic nitrogens is 2. The topological polar surface area (TPSA) is 102 Å². The van der Waals surface area contributed by atoms with E-state index >= 15 is 0 Å². The van der Waals surface area contributed by atoms with Gasteiger partial charge >= 0.3 is 6.03 Å². The Morgan fingerprint density at radius 1 is 1.10 bits per heavy atom. The minimum absolute atomic E-state index is 0.181. The summed E-state index contributed by atoms with van der Waals surface area (Å²) < 4.78 is 0. The monoisotopic (exact) mass is 431 g/mol. The third kappa shape index (κ3) is 6.57. The second kappa shape index (κ2) is 10.7. The number of anilines is 3. The summed E-state index contributed by atoms with van der Waals surface area (Å²) in [4.78, 5) is 36.3. The van der Waals surface area contributed by atoms with Crippen LogP contribution < -0.4 is 20.9 Å². The number of piperazine rings is 1. The maximum absolute atomic E-state index is 12.1. The molecular formula is C20H26ClN7O2. The van der Waals surface area contributed by atoms with E-state index < -0.39 is 0 Å². The Morgan fingerprint density at radius 2 is 1.83 bits per heavy atom. The number of amides is 3. The van der Waals surface area contributed by atoms with Crippen LogP contribution in [0.4, 0.5) is 22.1 Å². The van der Waals surface area contributed by atoms with Crippen LogP contribution in [0, 0.1) is 0 Å². The van der Waals surface area contributed by atoms with Crippen molar-refractivity contribution in [2.75, 3.05) is 54.8 Å². The van der Waals surface area contributed by atoms with E-state index in [1.54, 1.807) is 30.6 Å². The van der Waals surface area contributed by atoms with E-state index in [2.05, 4.69) is 35.7 Å². The van der Waals surface area contributed by atoms with Gasteiger partial charge in [0, 0.05) is 57.7 Å². The van der Waals surface area contributed by atoms with Gasteiger partial charge in [0.1, 0.15) is 0 Å². The fraction of sp³-hybridized carbons (Fsp3) is 0.400. The summed E-state index contributed by atoms with van der Waals surface area (Å²) in [6.45, 7) is 6.58. The summed E-state index contributed by atoms with van der Waals surface area (Å²) in [6.07, 6.45) is 4.37. The highest BCUT2D eigenvalue weighted by molar-refractivity contribution is 6.34. The lowest BCUT2D eigenvalue weighted by atomic mass is 10.2. The van der Waals surface area contributed by atoms with Gasteiger partial charge in [0.2, 0.25) is 11.9 Å². The summed E-state index contributed by atoms with van der Waals surface area (Å²) in [6, 6.07) is 6.44. The summed E-state index contributed by atoms with van der Waals surface area (Å²) in [7, 11) is 0. The molecule has 1 fully saturated rings. The Hall–Kier alpha value is -2.91. The van der Waals surface area contributed by atoms with E-state index in [9.17, 15) is 9.59 Å². The molecule has 3 rings (SSSR count). The maximum Gasteiger partial charge on any atom is 0.319 e. The number of hydrogen-bond donors (Lipinski definition) is 3. The summed E-state index contributed by atoms with van der Waals surface area (Å²) >= 11 is 6.16. The van der Waals surface area contributed by atoms with E-state index in [1.807, 2.05) is 6.07 Å². The van der Waals surface area contributed by atoms with E-state index in [0.29, 0.717) is 22.9 Å². The number of rotatable bonds is 7. The largest absolute Gasteiger partial charge is 0.338 e. The van der Waals surface area contributed by atoms with Crippen molar-refractivity contribution in [3.63, 3.8) is 0 Å². The van der Waals surface area contributed by atoms with Gasteiger partial charge in [-0.25, -0.2) is 14.8 Å². The number of carbonyl (C=O) groups excluding carboxylic acids is 2. The van der Waals surface area contributed by atoms with Crippen molar-refractivity contribution in [1.29, 1.82) is 0 Å². The molecule has 3 N–H and O–H groups in total. The number of nitrogens with zero attached hydrogens (tertiary/aromatic N) is 4. The summed E-state index contributed by atoms with van der Waals surface area (Å²) in [5.41, 5.74) is 1.07. The molecule has 2 heterocycles. The van der Waals surface area contributed by atoms with Gasteiger partial charge in [0.25, 0.3) is 0 Å². The highest BCUT2D eigenvalue weighted by Crippen LogP contribution is 2.25. The Morgan fingerprint density at radius 3 is 2.50 bits per heavy atom. The molecule has 9 nitrogen and oxygen atoms in total. The number of urea groups is 1. The molecule has 0 unspecified atom stereocenters. The van der Waals surface area contributed by atoms with E-state index in [-0.39, 0.29) is 11.9 Å². The third-order valence-corrected chi connectivity index (χ3v) is 4.99. The third-order valence-electron chi connectivity index (χ3n) is 4.68. The van der Waals surface area contributed by atoms with Crippen molar-refractivity contribution >= 4 is 40.9 Å². The zero-order valence-electron chi connectivity index (χ0n) is 16.9. The predicted molar refractivity (Wildman–Crippen MR) is 118 cm³/mol. The van der Waals surface area contributed by atoms with Crippen LogP contribution in [0.15, 0.2) is 36.7 Å². The van der Waals surface area contributed by atoms with Crippen LogP contribution in [0.25, 0.3) is 0 Å². The molecule has 0 radical (unpaired) electrons. The number of carbonyl (C=O) groups is 2. The molecule has 1 saturated heterocycles. The van der Waals surface area contributed by atoms with E-state index in [0.717, 1.165) is 45.1 Å². The van der Waals surface area contributed by atoms with Gasteiger partial charge in [-0.05, 0) is 37.2 Å². The van der Waals surface area contributed by atoms with Crippen LogP contribution in [-0.2, 0) is 4.79 Å². The first-order chi connectivity index (χ1) is 14.5. The van der Waals surface area contributed by atoms with Gasteiger partial charge in [-0.15, -0.1) is 0 Å². The average Bonchev–Trinajstić information content (AvgIpc) is 2.74. The van der Waals surface area contributed by atoms with Gasteiger partial charge in [-0.1, -0.05) is 11.6 Å².